The second-order valence-electron chi connectivity index (χ2n) is 4.85. The van der Waals surface area contributed by atoms with Gasteiger partial charge in [-0.05, 0) is 31.2 Å². The van der Waals surface area contributed by atoms with E-state index in [1.807, 2.05) is 12.1 Å². The number of hydrogen-bond donors (Lipinski definition) is 1. The number of ether oxygens (including phenoxy) is 2. The summed E-state index contributed by atoms with van der Waals surface area (Å²) in [5.74, 6) is 0.901. The van der Waals surface area contributed by atoms with Crippen LogP contribution in [0, 0.1) is 5.92 Å². The third-order valence-corrected chi connectivity index (χ3v) is 4.14. The predicted molar refractivity (Wildman–Crippen MR) is 68.9 cm³/mol. The van der Waals surface area contributed by atoms with Gasteiger partial charge in [-0.3, -0.25) is 0 Å². The first kappa shape index (κ1) is 11.5. The van der Waals surface area contributed by atoms with Gasteiger partial charge in [0.05, 0.1) is 6.61 Å². The quantitative estimate of drug-likeness (QED) is 0.864. The number of rotatable bonds is 1. The first-order valence-electron chi connectivity index (χ1n) is 5.99. The van der Waals surface area contributed by atoms with E-state index < -0.39 is 5.79 Å². The summed E-state index contributed by atoms with van der Waals surface area (Å²) in [4.78, 5) is 0. The van der Waals surface area contributed by atoms with E-state index in [0.717, 1.165) is 35.3 Å². The number of nitrogens with one attached hydrogen (secondary N) is 1. The molecule has 0 spiro atoms. The van der Waals surface area contributed by atoms with Crippen LogP contribution in [0.2, 0.25) is 0 Å². The van der Waals surface area contributed by atoms with Gasteiger partial charge in [0.2, 0.25) is 5.79 Å². The van der Waals surface area contributed by atoms with Gasteiger partial charge >= 0.3 is 0 Å². The number of halogens is 1. The molecule has 92 valence electrons. The minimum atomic E-state index is -0.482. The summed E-state index contributed by atoms with van der Waals surface area (Å²) in [6.07, 6.45) is 1.11. The Kier molecular flexibility index (Phi) is 2.89. The monoisotopic (exact) mass is 297 g/mol. The number of fused-ring (bicyclic) bond motifs is 1. The van der Waals surface area contributed by atoms with E-state index in [1.165, 1.54) is 0 Å². The van der Waals surface area contributed by atoms with Crippen molar-refractivity contribution in [2.75, 3.05) is 13.1 Å². The Morgan fingerprint density at radius 1 is 1.47 bits per heavy atom. The fourth-order valence-electron chi connectivity index (χ4n) is 2.53. The van der Waals surface area contributed by atoms with Crippen molar-refractivity contribution in [3.8, 4) is 5.75 Å². The van der Waals surface area contributed by atoms with Gasteiger partial charge in [0.1, 0.15) is 5.75 Å². The largest absolute Gasteiger partial charge is 0.462 e. The molecule has 1 fully saturated rings. The molecule has 1 aromatic rings. The summed E-state index contributed by atoms with van der Waals surface area (Å²) in [6.45, 7) is 4.71. The lowest BCUT2D eigenvalue weighted by atomic mass is 9.97. The highest BCUT2D eigenvalue weighted by Crippen LogP contribution is 2.38. The van der Waals surface area contributed by atoms with Crippen molar-refractivity contribution in [2.45, 2.75) is 25.7 Å². The summed E-state index contributed by atoms with van der Waals surface area (Å²) in [5, 5.41) is 3.36. The fraction of sp³-hybridized carbons (Fsp3) is 0.538. The third-order valence-electron chi connectivity index (χ3n) is 3.65. The Morgan fingerprint density at radius 2 is 2.35 bits per heavy atom. The molecule has 0 aromatic heterocycles. The lowest BCUT2D eigenvalue weighted by molar-refractivity contribution is -0.222. The minimum absolute atomic E-state index is 0.430. The molecule has 0 saturated carbocycles. The zero-order chi connectivity index (χ0) is 11.9. The molecule has 2 atom stereocenters. The predicted octanol–water partition coefficient (Wildman–Crippen LogP) is 2.68. The highest BCUT2D eigenvalue weighted by molar-refractivity contribution is 9.10. The molecule has 2 heterocycles. The van der Waals surface area contributed by atoms with Crippen molar-refractivity contribution < 1.29 is 9.47 Å². The Morgan fingerprint density at radius 3 is 3.12 bits per heavy atom. The molecule has 3 nitrogen and oxygen atoms in total. The van der Waals surface area contributed by atoms with Crippen LogP contribution in [0.4, 0.5) is 0 Å². The molecule has 0 radical (unpaired) electrons. The molecular formula is C13H16BrNO2. The first-order chi connectivity index (χ1) is 8.17. The van der Waals surface area contributed by atoms with E-state index in [2.05, 4.69) is 34.2 Å². The van der Waals surface area contributed by atoms with Gasteiger partial charge in [-0.15, -0.1) is 0 Å². The summed E-state index contributed by atoms with van der Waals surface area (Å²) in [6, 6.07) is 6.09. The van der Waals surface area contributed by atoms with Crippen LogP contribution in [-0.4, -0.2) is 18.9 Å². The van der Waals surface area contributed by atoms with Gasteiger partial charge in [0.15, 0.2) is 0 Å². The standard InChI is InChI=1S/C13H16BrNO2/c1-13(10-4-5-15-7-10)16-8-9-6-11(14)2-3-12(9)17-13/h2-3,6,10,15H,4-5,7-8H2,1H3. The average Bonchev–Trinajstić information content (AvgIpc) is 2.84. The van der Waals surface area contributed by atoms with Crippen LogP contribution in [0.25, 0.3) is 0 Å². The fourth-order valence-corrected chi connectivity index (χ4v) is 2.94. The van der Waals surface area contributed by atoms with E-state index in [9.17, 15) is 0 Å². The SMILES string of the molecule is CC1(C2CCNC2)OCc2cc(Br)ccc2O1. The Balaban J connectivity index is 1.86. The third kappa shape index (κ3) is 2.09. The Hall–Kier alpha value is -0.580. The van der Waals surface area contributed by atoms with Gasteiger partial charge in [0.25, 0.3) is 0 Å². The molecule has 1 N–H and O–H groups in total. The molecule has 2 aliphatic heterocycles. The smallest absolute Gasteiger partial charge is 0.212 e. The molecule has 17 heavy (non-hydrogen) atoms. The van der Waals surface area contributed by atoms with Crippen molar-refractivity contribution in [3.63, 3.8) is 0 Å². The molecular weight excluding hydrogens is 282 g/mol. The van der Waals surface area contributed by atoms with Crippen LogP contribution in [0.5, 0.6) is 5.75 Å². The Labute approximate surface area is 110 Å². The lowest BCUT2D eigenvalue weighted by Gasteiger charge is -2.39. The average molecular weight is 298 g/mol. The van der Waals surface area contributed by atoms with E-state index >= 15 is 0 Å². The first-order valence-corrected chi connectivity index (χ1v) is 6.79. The number of benzene rings is 1. The lowest BCUT2D eigenvalue weighted by Crippen LogP contribution is -2.46. The maximum atomic E-state index is 6.08. The molecule has 1 aromatic carbocycles. The molecule has 2 aliphatic rings. The van der Waals surface area contributed by atoms with Crippen LogP contribution >= 0.6 is 15.9 Å². The van der Waals surface area contributed by atoms with E-state index in [1.54, 1.807) is 0 Å². The van der Waals surface area contributed by atoms with Gasteiger partial charge < -0.3 is 14.8 Å². The van der Waals surface area contributed by atoms with E-state index in [-0.39, 0.29) is 0 Å². The highest BCUT2D eigenvalue weighted by atomic mass is 79.9. The van der Waals surface area contributed by atoms with Gasteiger partial charge in [0, 0.05) is 29.4 Å². The molecule has 0 amide bonds. The summed E-state index contributed by atoms with van der Waals surface area (Å²) in [7, 11) is 0. The summed E-state index contributed by atoms with van der Waals surface area (Å²) in [5.41, 5.74) is 1.11. The maximum absolute atomic E-state index is 6.08. The zero-order valence-corrected chi connectivity index (χ0v) is 11.4. The zero-order valence-electron chi connectivity index (χ0n) is 9.83. The van der Waals surface area contributed by atoms with Crippen molar-refractivity contribution in [2.24, 2.45) is 5.92 Å². The molecule has 1 saturated heterocycles. The number of hydrogen-bond acceptors (Lipinski definition) is 3. The van der Waals surface area contributed by atoms with Crippen LogP contribution in [0.15, 0.2) is 22.7 Å². The topological polar surface area (TPSA) is 30.5 Å². The molecule has 2 unspecified atom stereocenters. The molecule has 0 aliphatic carbocycles. The second kappa shape index (κ2) is 4.26. The van der Waals surface area contributed by atoms with Crippen LogP contribution in [0.3, 0.4) is 0 Å². The van der Waals surface area contributed by atoms with Crippen molar-refractivity contribution in [1.29, 1.82) is 0 Å². The van der Waals surface area contributed by atoms with Crippen LogP contribution in [-0.2, 0) is 11.3 Å². The van der Waals surface area contributed by atoms with Crippen LogP contribution in [0.1, 0.15) is 18.9 Å². The second-order valence-corrected chi connectivity index (χ2v) is 5.76. The minimum Gasteiger partial charge on any atom is -0.462 e. The summed E-state index contributed by atoms with van der Waals surface area (Å²) >= 11 is 3.46. The highest BCUT2D eigenvalue weighted by Gasteiger charge is 2.42. The van der Waals surface area contributed by atoms with Crippen LogP contribution < -0.4 is 10.1 Å². The van der Waals surface area contributed by atoms with E-state index in [0.29, 0.717) is 12.5 Å². The Bertz CT molecular complexity index is 431. The van der Waals surface area contributed by atoms with Gasteiger partial charge in [-0.1, -0.05) is 15.9 Å². The molecule has 3 rings (SSSR count). The van der Waals surface area contributed by atoms with Crippen molar-refractivity contribution in [1.82, 2.24) is 5.32 Å². The molecule has 4 heteroatoms. The molecule has 0 bridgehead atoms. The van der Waals surface area contributed by atoms with Crippen molar-refractivity contribution in [3.05, 3.63) is 28.2 Å². The normalized spacial score (nSPS) is 32.0. The maximum Gasteiger partial charge on any atom is 0.212 e. The van der Waals surface area contributed by atoms with Crippen molar-refractivity contribution >= 4 is 15.9 Å². The van der Waals surface area contributed by atoms with Gasteiger partial charge in [-0.25, -0.2) is 0 Å². The van der Waals surface area contributed by atoms with E-state index in [4.69, 9.17) is 9.47 Å². The summed E-state index contributed by atoms with van der Waals surface area (Å²) < 4.78 is 13.1. The van der Waals surface area contributed by atoms with Gasteiger partial charge in [-0.2, -0.15) is 0 Å².